The number of nitrogens with zero attached hydrogens (tertiary/aromatic N) is 3. The van der Waals surface area contributed by atoms with E-state index in [1.165, 1.54) is 4.31 Å². The molecule has 0 saturated carbocycles. The molecule has 1 saturated heterocycles. The van der Waals surface area contributed by atoms with Crippen LogP contribution in [-0.2, 0) is 14.8 Å². The second-order valence-corrected chi connectivity index (χ2v) is 7.93. The zero-order valence-electron chi connectivity index (χ0n) is 14.6. The molecule has 1 aromatic carbocycles. The molecule has 1 N–H and O–H groups in total. The fourth-order valence-corrected chi connectivity index (χ4v) is 4.79. The van der Waals surface area contributed by atoms with Crippen LogP contribution in [0, 0.1) is 0 Å². The van der Waals surface area contributed by atoms with E-state index in [0.29, 0.717) is 42.9 Å². The van der Waals surface area contributed by atoms with Gasteiger partial charge >= 0.3 is 0 Å². The lowest BCUT2D eigenvalue weighted by molar-refractivity contribution is -0.129. The van der Waals surface area contributed by atoms with E-state index in [4.69, 9.17) is 0 Å². The Morgan fingerprint density at radius 1 is 1.19 bits per heavy atom. The molecule has 0 unspecified atom stereocenters. The standard InChI is InChI=1S/C17H22N4O3S.ClH/c1-18-13-17(22)20-8-3-9-21(11-10-20)25(23,24)16-5-2-4-14-12-19-7-6-15(14)16;/h2,4-7,12,18H,3,8-11,13H2,1H3;1H. The van der Waals surface area contributed by atoms with Gasteiger partial charge in [0.25, 0.3) is 0 Å². The number of pyridine rings is 1. The van der Waals surface area contributed by atoms with Crippen LogP contribution < -0.4 is 5.32 Å². The summed E-state index contributed by atoms with van der Waals surface area (Å²) in [6.45, 7) is 1.97. The molecule has 0 radical (unpaired) electrons. The maximum Gasteiger partial charge on any atom is 0.243 e. The highest BCUT2D eigenvalue weighted by molar-refractivity contribution is 7.89. The number of fused-ring (bicyclic) bond motifs is 1. The van der Waals surface area contributed by atoms with Crippen molar-refractivity contribution in [1.82, 2.24) is 19.5 Å². The first kappa shape index (κ1) is 20.6. The smallest absolute Gasteiger partial charge is 0.243 e. The summed E-state index contributed by atoms with van der Waals surface area (Å²) in [5.74, 6) is -0.00187. The van der Waals surface area contributed by atoms with Crippen LogP contribution in [0.4, 0.5) is 0 Å². The first-order chi connectivity index (χ1) is 12.0. The molecule has 0 spiro atoms. The van der Waals surface area contributed by atoms with Gasteiger partial charge in [0.1, 0.15) is 0 Å². The summed E-state index contributed by atoms with van der Waals surface area (Å²) >= 11 is 0. The Balaban J connectivity index is 0.00000243. The number of hydrogen-bond donors (Lipinski definition) is 1. The Morgan fingerprint density at radius 3 is 2.77 bits per heavy atom. The third-order valence-corrected chi connectivity index (χ3v) is 6.35. The summed E-state index contributed by atoms with van der Waals surface area (Å²) in [5.41, 5.74) is 0. The van der Waals surface area contributed by atoms with Gasteiger partial charge in [-0.15, -0.1) is 12.4 Å². The van der Waals surface area contributed by atoms with Crippen LogP contribution in [0.1, 0.15) is 6.42 Å². The third-order valence-electron chi connectivity index (χ3n) is 4.39. The minimum absolute atomic E-state index is 0. The molecule has 1 aromatic heterocycles. The molecule has 2 aromatic rings. The van der Waals surface area contributed by atoms with Crippen molar-refractivity contribution in [2.24, 2.45) is 0 Å². The van der Waals surface area contributed by atoms with Crippen molar-refractivity contribution >= 4 is 39.1 Å². The van der Waals surface area contributed by atoms with E-state index in [-0.39, 0.29) is 24.9 Å². The Bertz CT molecular complexity index is 870. The van der Waals surface area contributed by atoms with Gasteiger partial charge in [-0.1, -0.05) is 12.1 Å². The summed E-state index contributed by atoms with van der Waals surface area (Å²) < 4.78 is 27.8. The molecule has 1 amide bonds. The number of rotatable bonds is 4. The Morgan fingerprint density at radius 2 is 2.00 bits per heavy atom. The van der Waals surface area contributed by atoms with Crippen molar-refractivity contribution in [3.63, 3.8) is 0 Å². The van der Waals surface area contributed by atoms with Crippen molar-refractivity contribution in [3.8, 4) is 0 Å². The Kier molecular flexibility index (Phi) is 6.94. The maximum atomic E-state index is 13.1. The molecule has 26 heavy (non-hydrogen) atoms. The van der Waals surface area contributed by atoms with Crippen molar-refractivity contribution in [3.05, 3.63) is 36.7 Å². The summed E-state index contributed by atoms with van der Waals surface area (Å²) in [6, 6.07) is 6.94. The van der Waals surface area contributed by atoms with Gasteiger partial charge in [0.05, 0.1) is 11.4 Å². The van der Waals surface area contributed by atoms with E-state index in [9.17, 15) is 13.2 Å². The number of aromatic nitrogens is 1. The number of benzene rings is 1. The van der Waals surface area contributed by atoms with Crippen LogP contribution in [0.2, 0.25) is 0 Å². The van der Waals surface area contributed by atoms with Gasteiger partial charge in [-0.25, -0.2) is 8.42 Å². The largest absolute Gasteiger partial charge is 0.340 e. The highest BCUT2D eigenvalue weighted by Gasteiger charge is 2.29. The molecule has 3 rings (SSSR count). The van der Waals surface area contributed by atoms with Crippen LogP contribution in [0.3, 0.4) is 0 Å². The number of sulfonamides is 1. The molecule has 2 heterocycles. The van der Waals surface area contributed by atoms with E-state index >= 15 is 0 Å². The topological polar surface area (TPSA) is 82.6 Å². The van der Waals surface area contributed by atoms with Crippen molar-refractivity contribution < 1.29 is 13.2 Å². The van der Waals surface area contributed by atoms with E-state index in [0.717, 1.165) is 5.39 Å². The zero-order valence-corrected chi connectivity index (χ0v) is 16.2. The predicted octanol–water partition coefficient (Wildman–Crippen LogP) is 1.10. The molecule has 142 valence electrons. The molecule has 1 aliphatic rings. The van der Waals surface area contributed by atoms with Crippen LogP contribution in [0.5, 0.6) is 0 Å². The van der Waals surface area contributed by atoms with Crippen LogP contribution in [0.25, 0.3) is 10.8 Å². The number of likely N-dealkylation sites (N-methyl/N-ethyl adjacent to an activating group) is 1. The van der Waals surface area contributed by atoms with Crippen molar-refractivity contribution in [2.75, 3.05) is 39.8 Å². The van der Waals surface area contributed by atoms with Gasteiger partial charge in [0.15, 0.2) is 0 Å². The minimum Gasteiger partial charge on any atom is -0.340 e. The average molecular weight is 399 g/mol. The number of carbonyl (C=O) groups excluding carboxylic acids is 1. The molecular weight excluding hydrogens is 376 g/mol. The summed E-state index contributed by atoms with van der Waals surface area (Å²) in [5, 5.41) is 4.31. The number of halogens is 1. The maximum absolute atomic E-state index is 13.1. The van der Waals surface area contributed by atoms with E-state index in [2.05, 4.69) is 10.3 Å². The SMILES string of the molecule is CNCC(=O)N1CCCN(S(=O)(=O)c2cccc3cnccc23)CC1.Cl. The molecule has 9 heteroatoms. The van der Waals surface area contributed by atoms with Gasteiger partial charge in [-0.05, 0) is 25.6 Å². The minimum atomic E-state index is -3.62. The van der Waals surface area contributed by atoms with E-state index in [1.54, 1.807) is 42.5 Å². The number of amides is 1. The van der Waals surface area contributed by atoms with Gasteiger partial charge in [-0.2, -0.15) is 4.31 Å². The number of hydrogen-bond acceptors (Lipinski definition) is 5. The molecule has 0 atom stereocenters. The van der Waals surface area contributed by atoms with Crippen molar-refractivity contribution in [1.29, 1.82) is 0 Å². The predicted molar refractivity (Wildman–Crippen MR) is 103 cm³/mol. The zero-order chi connectivity index (χ0) is 17.9. The lowest BCUT2D eigenvalue weighted by Gasteiger charge is -2.22. The van der Waals surface area contributed by atoms with Gasteiger partial charge in [0.2, 0.25) is 15.9 Å². The summed E-state index contributed by atoms with van der Waals surface area (Å²) in [4.78, 5) is 18.1. The van der Waals surface area contributed by atoms with Gasteiger partial charge in [0, 0.05) is 49.3 Å². The Labute approximate surface area is 159 Å². The van der Waals surface area contributed by atoms with Gasteiger partial charge in [-0.3, -0.25) is 9.78 Å². The van der Waals surface area contributed by atoms with Crippen LogP contribution >= 0.6 is 12.4 Å². The first-order valence-corrected chi connectivity index (χ1v) is 9.73. The number of nitrogens with one attached hydrogen (secondary N) is 1. The lowest BCUT2D eigenvalue weighted by atomic mass is 10.2. The second kappa shape index (κ2) is 8.77. The van der Waals surface area contributed by atoms with Crippen molar-refractivity contribution in [2.45, 2.75) is 11.3 Å². The quantitative estimate of drug-likeness (QED) is 0.833. The highest BCUT2D eigenvalue weighted by Crippen LogP contribution is 2.25. The molecule has 1 fully saturated rings. The second-order valence-electron chi connectivity index (χ2n) is 6.02. The molecule has 1 aliphatic heterocycles. The monoisotopic (exact) mass is 398 g/mol. The molecular formula is C17H23ClN4O3S. The normalized spacial score (nSPS) is 16.1. The first-order valence-electron chi connectivity index (χ1n) is 8.29. The Hall–Kier alpha value is -1.74. The van der Waals surface area contributed by atoms with Gasteiger partial charge < -0.3 is 10.2 Å². The summed E-state index contributed by atoms with van der Waals surface area (Å²) in [7, 11) is -1.90. The average Bonchev–Trinajstić information content (AvgIpc) is 2.88. The molecule has 0 bridgehead atoms. The fourth-order valence-electron chi connectivity index (χ4n) is 3.10. The van der Waals surface area contributed by atoms with Crippen LogP contribution in [-0.4, -0.2) is 68.3 Å². The molecule has 7 nitrogen and oxygen atoms in total. The van der Waals surface area contributed by atoms with E-state index in [1.807, 2.05) is 6.07 Å². The van der Waals surface area contributed by atoms with E-state index < -0.39 is 10.0 Å². The highest BCUT2D eigenvalue weighted by atomic mass is 35.5. The van der Waals surface area contributed by atoms with Crippen LogP contribution in [0.15, 0.2) is 41.6 Å². The third kappa shape index (κ3) is 4.15. The fraction of sp³-hybridized carbons (Fsp3) is 0.412. The number of carbonyl (C=O) groups is 1. The molecule has 0 aliphatic carbocycles. The lowest BCUT2D eigenvalue weighted by Crippen LogP contribution is -2.40. The summed E-state index contributed by atoms with van der Waals surface area (Å²) in [6.07, 6.45) is 3.89.